The van der Waals surface area contributed by atoms with Crippen molar-refractivity contribution >= 4 is 29.1 Å². The Bertz CT molecular complexity index is 816. The fraction of sp³-hybridized carbons (Fsp3) is 0.263. The second kappa shape index (κ2) is 6.69. The number of fused-ring (bicyclic) bond motifs is 1. The van der Waals surface area contributed by atoms with Crippen molar-refractivity contribution in [2.45, 2.75) is 30.9 Å². The van der Waals surface area contributed by atoms with Gasteiger partial charge in [0.25, 0.3) is 5.91 Å². The predicted molar refractivity (Wildman–Crippen MR) is 96.1 cm³/mol. The summed E-state index contributed by atoms with van der Waals surface area (Å²) in [5.74, 6) is 0.422. The highest BCUT2D eigenvalue weighted by atomic mass is 32.2. The van der Waals surface area contributed by atoms with Gasteiger partial charge in [0.15, 0.2) is 12.4 Å². The molecule has 0 bridgehead atoms. The van der Waals surface area contributed by atoms with Gasteiger partial charge in [0, 0.05) is 10.5 Å². The summed E-state index contributed by atoms with van der Waals surface area (Å²) >= 11 is 1.54. The van der Waals surface area contributed by atoms with Gasteiger partial charge in [-0.25, -0.2) is 0 Å². The lowest BCUT2D eigenvalue weighted by molar-refractivity contribution is -0.118. The molecule has 1 aliphatic rings. The Kier molecular flexibility index (Phi) is 4.62. The van der Waals surface area contributed by atoms with E-state index < -0.39 is 0 Å². The fourth-order valence-corrected chi connectivity index (χ4v) is 3.56. The van der Waals surface area contributed by atoms with Gasteiger partial charge in [0.1, 0.15) is 5.75 Å². The van der Waals surface area contributed by atoms with Crippen LogP contribution in [0.4, 0.5) is 5.69 Å². The number of anilines is 1. The molecule has 1 N–H and O–H groups in total. The van der Waals surface area contributed by atoms with Gasteiger partial charge < -0.3 is 10.1 Å². The summed E-state index contributed by atoms with van der Waals surface area (Å²) in [5.41, 5.74) is 3.58. The minimum Gasteiger partial charge on any atom is -0.482 e. The number of carbonyl (C=O) groups excluding carboxylic acids is 2. The Morgan fingerprint density at radius 2 is 1.96 bits per heavy atom. The first-order chi connectivity index (χ1) is 11.4. The topological polar surface area (TPSA) is 55.4 Å². The summed E-state index contributed by atoms with van der Waals surface area (Å²) < 4.78 is 5.32. The Morgan fingerprint density at radius 3 is 2.71 bits per heavy atom. The molecule has 24 heavy (non-hydrogen) atoms. The molecule has 1 atom stereocenters. The molecule has 2 aromatic rings. The van der Waals surface area contributed by atoms with Crippen LogP contribution in [0, 0.1) is 13.8 Å². The molecule has 0 fully saturated rings. The third kappa shape index (κ3) is 3.46. The number of rotatable bonds is 4. The molecule has 0 saturated carbocycles. The molecule has 2 aromatic carbocycles. The van der Waals surface area contributed by atoms with E-state index in [0.717, 1.165) is 4.90 Å². The highest BCUT2D eigenvalue weighted by molar-refractivity contribution is 8.00. The monoisotopic (exact) mass is 341 g/mol. The fourth-order valence-electron chi connectivity index (χ4n) is 2.52. The number of aryl methyl sites for hydroxylation is 2. The second-order valence-corrected chi connectivity index (χ2v) is 7.33. The smallest absolute Gasteiger partial charge is 0.262 e. The van der Waals surface area contributed by atoms with Crippen LogP contribution in [0.25, 0.3) is 0 Å². The Labute approximate surface area is 145 Å². The zero-order valence-electron chi connectivity index (χ0n) is 13.9. The third-order valence-electron chi connectivity index (χ3n) is 4.06. The quantitative estimate of drug-likeness (QED) is 0.675. The van der Waals surface area contributed by atoms with Gasteiger partial charge in [0.2, 0.25) is 0 Å². The third-order valence-corrected chi connectivity index (χ3v) is 5.15. The normalized spacial score (nSPS) is 14.4. The second-order valence-electron chi connectivity index (χ2n) is 5.92. The lowest BCUT2D eigenvalue weighted by atomic mass is 10.1. The van der Waals surface area contributed by atoms with E-state index in [2.05, 4.69) is 31.3 Å². The summed E-state index contributed by atoms with van der Waals surface area (Å²) in [7, 11) is 0. The molecule has 0 saturated heterocycles. The number of carbonyl (C=O) groups is 2. The van der Waals surface area contributed by atoms with E-state index in [1.807, 2.05) is 13.0 Å². The van der Waals surface area contributed by atoms with Crippen molar-refractivity contribution in [2.24, 2.45) is 0 Å². The summed E-state index contributed by atoms with van der Waals surface area (Å²) in [6, 6.07) is 11.4. The molecule has 5 heteroatoms. The number of benzene rings is 2. The van der Waals surface area contributed by atoms with Crippen molar-refractivity contribution in [1.82, 2.24) is 0 Å². The largest absolute Gasteiger partial charge is 0.482 e. The van der Waals surface area contributed by atoms with Gasteiger partial charge >= 0.3 is 0 Å². The van der Waals surface area contributed by atoms with E-state index >= 15 is 0 Å². The van der Waals surface area contributed by atoms with Gasteiger partial charge in [-0.15, -0.1) is 11.8 Å². The maximum absolute atomic E-state index is 12.7. The van der Waals surface area contributed by atoms with Crippen molar-refractivity contribution in [2.75, 3.05) is 11.9 Å². The van der Waals surface area contributed by atoms with Gasteiger partial charge in [0.05, 0.1) is 10.9 Å². The van der Waals surface area contributed by atoms with Crippen LogP contribution in [0.1, 0.15) is 28.4 Å². The van der Waals surface area contributed by atoms with Gasteiger partial charge in [-0.1, -0.05) is 6.07 Å². The van der Waals surface area contributed by atoms with Crippen LogP contribution in [0.3, 0.4) is 0 Å². The van der Waals surface area contributed by atoms with Crippen LogP contribution in [0.5, 0.6) is 5.75 Å². The molecule has 1 aliphatic heterocycles. The van der Waals surface area contributed by atoms with E-state index in [1.54, 1.807) is 18.2 Å². The van der Waals surface area contributed by atoms with Crippen molar-refractivity contribution < 1.29 is 14.3 Å². The highest BCUT2D eigenvalue weighted by Crippen LogP contribution is 2.31. The minimum atomic E-state index is -0.217. The van der Waals surface area contributed by atoms with Crippen molar-refractivity contribution in [3.8, 4) is 5.75 Å². The Balaban J connectivity index is 1.77. The zero-order valence-corrected chi connectivity index (χ0v) is 14.7. The first kappa shape index (κ1) is 16.6. The molecular formula is C19H19NO3S. The maximum Gasteiger partial charge on any atom is 0.262 e. The summed E-state index contributed by atoms with van der Waals surface area (Å²) in [6.07, 6.45) is 0. The van der Waals surface area contributed by atoms with Crippen molar-refractivity contribution in [3.63, 3.8) is 0 Å². The molecule has 1 amide bonds. The summed E-state index contributed by atoms with van der Waals surface area (Å²) in [4.78, 5) is 25.2. The molecule has 0 radical (unpaired) electrons. The van der Waals surface area contributed by atoms with E-state index in [9.17, 15) is 9.59 Å². The average Bonchev–Trinajstić information content (AvgIpc) is 2.56. The molecule has 3 rings (SSSR count). The van der Waals surface area contributed by atoms with Crippen LogP contribution in [0.2, 0.25) is 0 Å². The van der Waals surface area contributed by atoms with Gasteiger partial charge in [-0.2, -0.15) is 0 Å². The molecule has 4 nitrogen and oxygen atoms in total. The lowest BCUT2D eigenvalue weighted by Gasteiger charge is -2.19. The lowest BCUT2D eigenvalue weighted by Crippen LogP contribution is -2.25. The number of nitrogens with one attached hydrogen (secondary N) is 1. The van der Waals surface area contributed by atoms with Crippen molar-refractivity contribution in [3.05, 3.63) is 53.1 Å². The standard InChI is InChI=1S/C19H19NO3S/c1-11-4-6-15(8-12(11)2)24-13(3)19(22)14-5-7-17-16(9-14)20-18(21)10-23-17/h4-9,13H,10H2,1-3H3,(H,20,21). The zero-order chi connectivity index (χ0) is 17.3. The molecule has 0 aliphatic carbocycles. The van der Waals surface area contributed by atoms with E-state index in [1.165, 1.54) is 22.9 Å². The average molecular weight is 341 g/mol. The number of hydrogen-bond acceptors (Lipinski definition) is 4. The number of ketones is 1. The van der Waals surface area contributed by atoms with Gasteiger partial charge in [-0.05, 0) is 62.2 Å². The SMILES string of the molecule is Cc1ccc(SC(C)C(=O)c2ccc3c(c2)NC(=O)CO3)cc1C. The van der Waals surface area contributed by atoms with Gasteiger partial charge in [-0.3, -0.25) is 9.59 Å². The predicted octanol–water partition coefficient (Wildman–Crippen LogP) is 4.00. The molecule has 124 valence electrons. The van der Waals surface area contributed by atoms with E-state index in [-0.39, 0.29) is 23.5 Å². The summed E-state index contributed by atoms with van der Waals surface area (Å²) in [5, 5.41) is 2.52. The molecule has 0 spiro atoms. The minimum absolute atomic E-state index is 0.0132. The van der Waals surface area contributed by atoms with E-state index in [4.69, 9.17) is 4.74 Å². The number of amides is 1. The number of Topliss-reactive ketones (excluding diaryl/α,β-unsaturated/α-hetero) is 1. The van der Waals surface area contributed by atoms with Crippen LogP contribution in [-0.4, -0.2) is 23.5 Å². The Hall–Kier alpha value is -2.27. The number of hydrogen-bond donors (Lipinski definition) is 1. The molecule has 1 heterocycles. The Morgan fingerprint density at radius 1 is 1.17 bits per heavy atom. The van der Waals surface area contributed by atoms with Crippen LogP contribution >= 0.6 is 11.8 Å². The molecule has 0 aromatic heterocycles. The van der Waals surface area contributed by atoms with Crippen molar-refractivity contribution in [1.29, 1.82) is 0 Å². The summed E-state index contributed by atoms with van der Waals surface area (Å²) in [6.45, 7) is 6.05. The first-order valence-corrected chi connectivity index (χ1v) is 8.67. The molecule has 1 unspecified atom stereocenters. The number of ether oxygens (including phenoxy) is 1. The van der Waals surface area contributed by atoms with Crippen LogP contribution < -0.4 is 10.1 Å². The molecular weight excluding hydrogens is 322 g/mol. The van der Waals surface area contributed by atoms with E-state index in [0.29, 0.717) is 17.0 Å². The van der Waals surface area contributed by atoms with Crippen LogP contribution in [0.15, 0.2) is 41.3 Å². The maximum atomic E-state index is 12.7. The van der Waals surface area contributed by atoms with Crippen LogP contribution in [-0.2, 0) is 4.79 Å². The first-order valence-electron chi connectivity index (χ1n) is 7.79. The highest BCUT2D eigenvalue weighted by Gasteiger charge is 2.21. The number of thioether (sulfide) groups is 1.